The molecule has 3 rings (SSSR count). The number of anilines is 1. The summed E-state index contributed by atoms with van der Waals surface area (Å²) in [6, 6.07) is 17.7. The van der Waals surface area contributed by atoms with E-state index in [1.165, 1.54) is 0 Å². The van der Waals surface area contributed by atoms with Crippen LogP contribution in [-0.4, -0.2) is 17.5 Å². The molecule has 0 aliphatic heterocycles. The van der Waals surface area contributed by atoms with Crippen LogP contribution in [0.3, 0.4) is 0 Å². The monoisotopic (exact) mass is 434 g/mol. The average molecular weight is 435 g/mol. The molecule has 0 unspecified atom stereocenters. The molecular weight excluding hydrogens is 400 g/mol. The summed E-state index contributed by atoms with van der Waals surface area (Å²) < 4.78 is 11.1. The van der Waals surface area contributed by atoms with Gasteiger partial charge in [-0.3, -0.25) is 0 Å². The van der Waals surface area contributed by atoms with E-state index in [0.717, 1.165) is 33.9 Å². The molecule has 1 aromatic heterocycles. The summed E-state index contributed by atoms with van der Waals surface area (Å²) in [5, 5.41) is 3.23. The fraction of sp³-hybridized carbons (Fsp3) is 0.370. The number of benzene rings is 2. The summed E-state index contributed by atoms with van der Waals surface area (Å²) in [7, 11) is 0. The van der Waals surface area contributed by atoms with Crippen molar-refractivity contribution in [3.63, 3.8) is 0 Å². The second kappa shape index (κ2) is 10.9. The van der Waals surface area contributed by atoms with Gasteiger partial charge in [0.1, 0.15) is 11.5 Å². The molecule has 0 aliphatic rings. The molecule has 0 bridgehead atoms. The number of amides is 2. The highest BCUT2D eigenvalue weighted by Gasteiger charge is 2.21. The molecule has 1 heterocycles. The van der Waals surface area contributed by atoms with Gasteiger partial charge < -0.3 is 19.4 Å². The average Bonchev–Trinajstić information content (AvgIpc) is 3.27. The minimum atomic E-state index is -0.148. The van der Waals surface area contributed by atoms with Gasteiger partial charge in [0.05, 0.1) is 19.4 Å². The van der Waals surface area contributed by atoms with Crippen LogP contribution in [0.2, 0.25) is 0 Å². The van der Waals surface area contributed by atoms with Gasteiger partial charge in [0, 0.05) is 12.2 Å². The van der Waals surface area contributed by atoms with E-state index < -0.39 is 0 Å². The maximum Gasteiger partial charge on any atom is 0.322 e. The van der Waals surface area contributed by atoms with Crippen LogP contribution in [0.5, 0.6) is 5.75 Å². The maximum absolute atomic E-state index is 13.5. The lowest BCUT2D eigenvalue weighted by Crippen LogP contribution is -2.34. The van der Waals surface area contributed by atoms with Gasteiger partial charge in [-0.2, -0.15) is 0 Å². The smallest absolute Gasteiger partial charge is 0.322 e. The molecule has 0 saturated heterocycles. The van der Waals surface area contributed by atoms with Crippen molar-refractivity contribution in [1.82, 2.24) is 4.90 Å². The zero-order valence-electron chi connectivity index (χ0n) is 19.7. The van der Waals surface area contributed by atoms with Crippen molar-refractivity contribution in [3.05, 3.63) is 83.3 Å². The highest BCUT2D eigenvalue weighted by molar-refractivity contribution is 5.91. The molecule has 0 fully saturated rings. The molecule has 3 aromatic rings. The molecular formula is C27H34N2O3. The first kappa shape index (κ1) is 23.5. The van der Waals surface area contributed by atoms with Gasteiger partial charge in [0.2, 0.25) is 0 Å². The molecule has 32 heavy (non-hydrogen) atoms. The minimum Gasteiger partial charge on any atom is -0.494 e. The number of nitrogens with one attached hydrogen (secondary N) is 1. The molecule has 1 N–H and O–H groups in total. The van der Waals surface area contributed by atoms with Crippen molar-refractivity contribution in [2.75, 3.05) is 11.9 Å². The minimum absolute atomic E-state index is 0.148. The molecule has 5 heteroatoms. The topological polar surface area (TPSA) is 54.7 Å². The van der Waals surface area contributed by atoms with Gasteiger partial charge in [0.15, 0.2) is 0 Å². The third-order valence-electron chi connectivity index (χ3n) is 5.43. The Morgan fingerprint density at radius 1 is 0.938 bits per heavy atom. The van der Waals surface area contributed by atoms with E-state index >= 15 is 0 Å². The lowest BCUT2D eigenvalue weighted by Gasteiger charge is -2.26. The number of hydrogen-bond donors (Lipinski definition) is 1. The van der Waals surface area contributed by atoms with Crippen molar-refractivity contribution in [3.8, 4) is 5.75 Å². The standard InChI is InChI=1S/C27H34N2O3/c1-6-31-22-14-12-21(13-15-22)17-29(18-23-9-8-16-32-23)27(30)28-26-24(19(2)3)10-7-11-25(26)20(4)5/h7-16,19-20H,6,17-18H2,1-5H3,(H,28,30). The van der Waals surface area contributed by atoms with Crippen LogP contribution < -0.4 is 10.1 Å². The van der Waals surface area contributed by atoms with Crippen LogP contribution in [0.15, 0.2) is 65.3 Å². The SMILES string of the molecule is CCOc1ccc(CN(Cc2ccco2)C(=O)Nc2c(C(C)C)cccc2C(C)C)cc1. The number of furan rings is 1. The third kappa shape index (κ3) is 5.94. The predicted octanol–water partition coefficient (Wildman–Crippen LogP) is 7.16. The Morgan fingerprint density at radius 2 is 1.59 bits per heavy atom. The number of hydrogen-bond acceptors (Lipinski definition) is 3. The van der Waals surface area contributed by atoms with Crippen molar-refractivity contribution in [2.45, 2.75) is 59.5 Å². The first-order valence-corrected chi connectivity index (χ1v) is 11.3. The molecule has 0 atom stereocenters. The summed E-state index contributed by atoms with van der Waals surface area (Å²) in [5.41, 5.74) is 4.22. The lowest BCUT2D eigenvalue weighted by molar-refractivity contribution is 0.201. The summed E-state index contributed by atoms with van der Waals surface area (Å²) in [6.45, 7) is 12.0. The lowest BCUT2D eigenvalue weighted by atomic mass is 9.93. The van der Waals surface area contributed by atoms with Crippen molar-refractivity contribution in [2.24, 2.45) is 0 Å². The molecule has 0 saturated carbocycles. The Bertz CT molecular complexity index is 966. The molecule has 5 nitrogen and oxygen atoms in total. The number of nitrogens with zero attached hydrogens (tertiary/aromatic N) is 1. The molecule has 0 aliphatic carbocycles. The van der Waals surface area contributed by atoms with E-state index in [-0.39, 0.29) is 6.03 Å². The van der Waals surface area contributed by atoms with Crippen LogP contribution >= 0.6 is 0 Å². The van der Waals surface area contributed by atoms with Crippen molar-refractivity contribution < 1.29 is 13.9 Å². The largest absolute Gasteiger partial charge is 0.494 e. The van der Waals surface area contributed by atoms with Crippen molar-refractivity contribution >= 4 is 11.7 Å². The van der Waals surface area contributed by atoms with E-state index in [9.17, 15) is 4.79 Å². The Hall–Kier alpha value is -3.21. The van der Waals surface area contributed by atoms with Crippen LogP contribution in [0.4, 0.5) is 10.5 Å². The summed E-state index contributed by atoms with van der Waals surface area (Å²) in [6.07, 6.45) is 1.63. The van der Waals surface area contributed by atoms with Crippen LogP contribution in [-0.2, 0) is 13.1 Å². The van der Waals surface area contributed by atoms with Crippen LogP contribution in [0, 0.1) is 0 Å². The fourth-order valence-corrected chi connectivity index (χ4v) is 3.75. The van der Waals surface area contributed by atoms with E-state index in [1.54, 1.807) is 11.2 Å². The van der Waals surface area contributed by atoms with Gasteiger partial charge in [-0.25, -0.2) is 4.79 Å². The zero-order chi connectivity index (χ0) is 23.1. The summed E-state index contributed by atoms with van der Waals surface area (Å²) >= 11 is 0. The number of carbonyl (C=O) groups is 1. The van der Waals surface area contributed by atoms with Crippen LogP contribution in [0.25, 0.3) is 0 Å². The predicted molar refractivity (Wildman–Crippen MR) is 129 cm³/mol. The normalized spacial score (nSPS) is 11.1. The number of carbonyl (C=O) groups excluding carboxylic acids is 1. The summed E-state index contributed by atoms with van der Waals surface area (Å²) in [4.78, 5) is 15.3. The third-order valence-corrected chi connectivity index (χ3v) is 5.43. The van der Waals surface area contributed by atoms with Gasteiger partial charge >= 0.3 is 6.03 Å². The number of rotatable bonds is 9. The Morgan fingerprint density at radius 3 is 2.12 bits per heavy atom. The van der Waals surface area contributed by atoms with E-state index in [0.29, 0.717) is 31.5 Å². The van der Waals surface area contributed by atoms with E-state index in [2.05, 4.69) is 51.2 Å². The number of ether oxygens (including phenoxy) is 1. The molecule has 0 spiro atoms. The molecule has 170 valence electrons. The molecule has 2 aromatic carbocycles. The van der Waals surface area contributed by atoms with Crippen molar-refractivity contribution in [1.29, 1.82) is 0 Å². The highest BCUT2D eigenvalue weighted by Crippen LogP contribution is 2.32. The quantitative estimate of drug-likeness (QED) is 0.389. The first-order valence-electron chi connectivity index (χ1n) is 11.3. The zero-order valence-corrected chi connectivity index (χ0v) is 19.7. The van der Waals surface area contributed by atoms with Gasteiger partial charge in [-0.05, 0) is 59.7 Å². The van der Waals surface area contributed by atoms with Gasteiger partial charge in [-0.15, -0.1) is 0 Å². The molecule has 0 radical (unpaired) electrons. The van der Waals surface area contributed by atoms with Crippen LogP contribution in [0.1, 0.15) is 68.9 Å². The maximum atomic E-state index is 13.5. The van der Waals surface area contributed by atoms with E-state index in [4.69, 9.17) is 9.15 Å². The highest BCUT2D eigenvalue weighted by atomic mass is 16.5. The second-order valence-corrected chi connectivity index (χ2v) is 8.56. The first-order chi connectivity index (χ1) is 15.4. The van der Waals surface area contributed by atoms with E-state index in [1.807, 2.05) is 43.3 Å². The summed E-state index contributed by atoms with van der Waals surface area (Å²) in [5.74, 6) is 2.17. The van der Waals surface area contributed by atoms with Gasteiger partial charge in [-0.1, -0.05) is 58.0 Å². The Balaban J connectivity index is 1.87. The van der Waals surface area contributed by atoms with Gasteiger partial charge in [0.25, 0.3) is 0 Å². The number of para-hydroxylation sites is 1. The molecule has 2 amide bonds. The number of urea groups is 1. The second-order valence-electron chi connectivity index (χ2n) is 8.56. The Labute approximate surface area is 191 Å². The Kier molecular flexibility index (Phi) is 7.98. The fourth-order valence-electron chi connectivity index (χ4n) is 3.75.